The first kappa shape index (κ1) is 21.1. The number of benzene rings is 2. The summed E-state index contributed by atoms with van der Waals surface area (Å²) in [4.78, 5) is 26.4. The Balaban J connectivity index is 1.65. The highest BCUT2D eigenvalue weighted by Crippen LogP contribution is 2.16. The van der Waals surface area contributed by atoms with Crippen LogP contribution in [-0.2, 0) is 11.3 Å². The summed E-state index contributed by atoms with van der Waals surface area (Å²) in [5.41, 5.74) is 2.25. The number of carbonyl (C=O) groups is 2. The lowest BCUT2D eigenvalue weighted by Gasteiger charge is -2.20. The van der Waals surface area contributed by atoms with Crippen molar-refractivity contribution in [3.63, 3.8) is 0 Å². The number of anilines is 1. The van der Waals surface area contributed by atoms with E-state index >= 15 is 0 Å². The van der Waals surface area contributed by atoms with Gasteiger partial charge in [0.15, 0.2) is 0 Å². The van der Waals surface area contributed by atoms with Crippen LogP contribution in [0.4, 0.5) is 10.5 Å². The molecule has 156 valence electrons. The second-order valence-electron chi connectivity index (χ2n) is 8.00. The Morgan fingerprint density at radius 3 is 2.53 bits per heavy atom. The zero-order chi connectivity index (χ0) is 21.7. The highest BCUT2D eigenvalue weighted by Gasteiger charge is 2.17. The molecular weight excluding hydrogens is 380 g/mol. The molecule has 0 aliphatic rings. The summed E-state index contributed by atoms with van der Waals surface area (Å²) in [7, 11) is 1.73. The van der Waals surface area contributed by atoms with E-state index in [0.29, 0.717) is 17.8 Å². The van der Waals surface area contributed by atoms with Crippen molar-refractivity contribution in [2.45, 2.75) is 32.9 Å². The van der Waals surface area contributed by atoms with Crippen LogP contribution in [0.3, 0.4) is 0 Å². The number of aromatic nitrogens is 2. The standard InChI is InChI=1S/C23H26N4O3/c1-23(2,3)30-22(29)25-19-10-8-9-18(13-19)21(28)26(4)15-17-14-24-27(16-17)20-11-6-5-7-12-20/h5-14,16H,15H2,1-4H3,(H,25,29). The zero-order valence-corrected chi connectivity index (χ0v) is 17.6. The molecule has 0 radical (unpaired) electrons. The number of ether oxygens (including phenoxy) is 1. The molecule has 0 aliphatic heterocycles. The molecule has 7 heteroatoms. The molecule has 0 unspecified atom stereocenters. The number of hydrogen-bond donors (Lipinski definition) is 1. The lowest BCUT2D eigenvalue weighted by atomic mass is 10.1. The number of hydrogen-bond acceptors (Lipinski definition) is 4. The minimum atomic E-state index is -0.595. The summed E-state index contributed by atoms with van der Waals surface area (Å²) < 4.78 is 7.03. The number of rotatable bonds is 5. The number of nitrogens with zero attached hydrogens (tertiary/aromatic N) is 3. The fraction of sp³-hybridized carbons (Fsp3) is 0.261. The molecule has 0 aliphatic carbocycles. The average molecular weight is 406 g/mol. The van der Waals surface area contributed by atoms with Crippen LogP contribution in [0.1, 0.15) is 36.7 Å². The molecular formula is C23H26N4O3. The van der Waals surface area contributed by atoms with Crippen LogP contribution >= 0.6 is 0 Å². The van der Waals surface area contributed by atoms with Crippen LogP contribution in [-0.4, -0.2) is 39.3 Å². The largest absolute Gasteiger partial charge is 0.444 e. The zero-order valence-electron chi connectivity index (χ0n) is 17.6. The van der Waals surface area contributed by atoms with Crippen LogP contribution in [0.15, 0.2) is 67.0 Å². The maximum atomic E-state index is 12.8. The third-order valence-corrected chi connectivity index (χ3v) is 4.18. The van der Waals surface area contributed by atoms with E-state index in [2.05, 4.69) is 10.4 Å². The quantitative estimate of drug-likeness (QED) is 0.677. The summed E-state index contributed by atoms with van der Waals surface area (Å²) in [6.07, 6.45) is 3.09. The predicted octanol–water partition coefficient (Wildman–Crippen LogP) is 4.49. The predicted molar refractivity (Wildman–Crippen MR) is 116 cm³/mol. The van der Waals surface area contributed by atoms with Gasteiger partial charge in [0.2, 0.25) is 0 Å². The highest BCUT2D eigenvalue weighted by atomic mass is 16.6. The SMILES string of the molecule is CN(Cc1cnn(-c2ccccc2)c1)C(=O)c1cccc(NC(=O)OC(C)(C)C)c1. The van der Waals surface area contributed by atoms with Gasteiger partial charge in [-0.15, -0.1) is 0 Å². The van der Waals surface area contributed by atoms with E-state index in [4.69, 9.17) is 4.74 Å². The maximum Gasteiger partial charge on any atom is 0.412 e. The van der Waals surface area contributed by atoms with Gasteiger partial charge in [-0.25, -0.2) is 9.48 Å². The lowest BCUT2D eigenvalue weighted by Crippen LogP contribution is -2.28. The molecule has 3 rings (SSSR count). The molecule has 1 aromatic heterocycles. The van der Waals surface area contributed by atoms with Gasteiger partial charge < -0.3 is 9.64 Å². The topological polar surface area (TPSA) is 76.5 Å². The van der Waals surface area contributed by atoms with Crippen molar-refractivity contribution in [2.24, 2.45) is 0 Å². The molecule has 0 saturated carbocycles. The van der Waals surface area contributed by atoms with Gasteiger partial charge >= 0.3 is 6.09 Å². The van der Waals surface area contributed by atoms with Gasteiger partial charge in [0.25, 0.3) is 5.91 Å². The normalized spacial score (nSPS) is 11.1. The molecule has 7 nitrogen and oxygen atoms in total. The van der Waals surface area contributed by atoms with Gasteiger partial charge in [0.1, 0.15) is 5.60 Å². The lowest BCUT2D eigenvalue weighted by molar-refractivity contribution is 0.0635. The van der Waals surface area contributed by atoms with Crippen LogP contribution in [0.25, 0.3) is 5.69 Å². The van der Waals surface area contributed by atoms with Crippen LogP contribution in [0.5, 0.6) is 0 Å². The highest BCUT2D eigenvalue weighted by molar-refractivity contribution is 5.96. The average Bonchev–Trinajstić information content (AvgIpc) is 3.15. The number of para-hydroxylation sites is 1. The second kappa shape index (κ2) is 8.82. The van der Waals surface area contributed by atoms with E-state index in [1.165, 1.54) is 0 Å². The Hall–Kier alpha value is -3.61. The molecule has 0 bridgehead atoms. The first-order valence-electron chi connectivity index (χ1n) is 9.66. The molecule has 0 fully saturated rings. The van der Waals surface area contributed by atoms with Crippen molar-refractivity contribution >= 4 is 17.7 Å². The fourth-order valence-electron chi connectivity index (χ4n) is 2.88. The van der Waals surface area contributed by atoms with Crippen LogP contribution in [0.2, 0.25) is 0 Å². The van der Waals surface area contributed by atoms with Gasteiger partial charge in [-0.05, 0) is 51.1 Å². The van der Waals surface area contributed by atoms with E-state index in [1.807, 2.05) is 36.5 Å². The summed E-state index contributed by atoms with van der Waals surface area (Å²) in [5.74, 6) is -0.157. The number of carbonyl (C=O) groups excluding carboxylic acids is 2. The molecule has 1 heterocycles. The van der Waals surface area contributed by atoms with Crippen molar-refractivity contribution in [3.05, 3.63) is 78.1 Å². The van der Waals surface area contributed by atoms with Gasteiger partial charge in [-0.1, -0.05) is 24.3 Å². The van der Waals surface area contributed by atoms with Gasteiger partial charge in [0, 0.05) is 36.6 Å². The first-order chi connectivity index (χ1) is 14.2. The van der Waals surface area contributed by atoms with Crippen molar-refractivity contribution in [1.29, 1.82) is 0 Å². The Morgan fingerprint density at radius 1 is 1.10 bits per heavy atom. The molecule has 0 saturated heterocycles. The summed E-state index contributed by atoms with van der Waals surface area (Å²) in [6.45, 7) is 5.79. The molecule has 30 heavy (non-hydrogen) atoms. The van der Waals surface area contributed by atoms with E-state index in [9.17, 15) is 9.59 Å². The number of amides is 2. The molecule has 2 amide bonds. The van der Waals surface area contributed by atoms with E-state index in [0.717, 1.165) is 11.3 Å². The third kappa shape index (κ3) is 5.70. The van der Waals surface area contributed by atoms with Crippen molar-refractivity contribution < 1.29 is 14.3 Å². The third-order valence-electron chi connectivity index (χ3n) is 4.18. The maximum absolute atomic E-state index is 12.8. The van der Waals surface area contributed by atoms with Crippen molar-refractivity contribution in [2.75, 3.05) is 12.4 Å². The monoisotopic (exact) mass is 406 g/mol. The summed E-state index contributed by atoms with van der Waals surface area (Å²) in [5, 5.41) is 7.02. The molecule has 3 aromatic rings. The molecule has 2 aromatic carbocycles. The summed E-state index contributed by atoms with van der Waals surface area (Å²) >= 11 is 0. The van der Waals surface area contributed by atoms with Crippen LogP contribution in [0, 0.1) is 0 Å². The van der Waals surface area contributed by atoms with Gasteiger partial charge in [0.05, 0.1) is 11.9 Å². The van der Waals surface area contributed by atoms with E-state index < -0.39 is 11.7 Å². The number of nitrogens with one attached hydrogen (secondary N) is 1. The van der Waals surface area contributed by atoms with E-state index in [-0.39, 0.29) is 5.91 Å². The van der Waals surface area contributed by atoms with Crippen LogP contribution < -0.4 is 5.32 Å². The van der Waals surface area contributed by atoms with Crippen molar-refractivity contribution in [3.8, 4) is 5.69 Å². The minimum absolute atomic E-state index is 0.157. The smallest absolute Gasteiger partial charge is 0.412 e. The van der Waals surface area contributed by atoms with E-state index in [1.54, 1.807) is 67.9 Å². The Labute approximate surface area is 176 Å². The fourth-order valence-corrected chi connectivity index (χ4v) is 2.88. The Bertz CT molecular complexity index is 1020. The molecule has 1 N–H and O–H groups in total. The van der Waals surface area contributed by atoms with Gasteiger partial charge in [-0.2, -0.15) is 5.10 Å². The molecule has 0 spiro atoms. The summed E-state index contributed by atoms with van der Waals surface area (Å²) in [6, 6.07) is 16.6. The minimum Gasteiger partial charge on any atom is -0.444 e. The first-order valence-corrected chi connectivity index (χ1v) is 9.66. The van der Waals surface area contributed by atoms with Gasteiger partial charge in [-0.3, -0.25) is 10.1 Å². The van der Waals surface area contributed by atoms with Crippen molar-refractivity contribution in [1.82, 2.24) is 14.7 Å². The second-order valence-corrected chi connectivity index (χ2v) is 8.00. The molecule has 0 atom stereocenters. The Morgan fingerprint density at radius 2 is 1.83 bits per heavy atom. The Kier molecular flexibility index (Phi) is 6.20.